The second kappa shape index (κ2) is 5.81. The van der Waals surface area contributed by atoms with Crippen molar-refractivity contribution in [1.82, 2.24) is 4.90 Å². The smallest absolute Gasteiger partial charge is 0.227 e. The maximum Gasteiger partial charge on any atom is 0.227 e. The molecular weight excluding hydrogens is 176 g/mol. The molecule has 1 heterocycles. The van der Waals surface area contributed by atoms with Gasteiger partial charge in [0.05, 0.1) is 5.92 Å². The third kappa shape index (κ3) is 2.84. The van der Waals surface area contributed by atoms with Crippen molar-refractivity contribution in [3.63, 3.8) is 0 Å². The van der Waals surface area contributed by atoms with Gasteiger partial charge in [0.2, 0.25) is 5.91 Å². The molecule has 3 nitrogen and oxygen atoms in total. The van der Waals surface area contributed by atoms with Crippen molar-refractivity contribution in [3.05, 3.63) is 12.2 Å². The van der Waals surface area contributed by atoms with Gasteiger partial charge in [0.15, 0.2) is 0 Å². The third-order valence-electron chi connectivity index (χ3n) is 2.64. The maximum absolute atomic E-state index is 11.9. The maximum atomic E-state index is 11.9. The molecule has 2 N–H and O–H groups in total. The van der Waals surface area contributed by atoms with Gasteiger partial charge in [0.25, 0.3) is 0 Å². The highest BCUT2D eigenvalue weighted by Crippen LogP contribution is 2.11. The molecule has 1 rings (SSSR count). The lowest BCUT2D eigenvalue weighted by Crippen LogP contribution is -2.40. The summed E-state index contributed by atoms with van der Waals surface area (Å²) in [7, 11) is 0. The van der Waals surface area contributed by atoms with Crippen LogP contribution in [0.15, 0.2) is 12.2 Å². The van der Waals surface area contributed by atoms with Gasteiger partial charge in [-0.2, -0.15) is 0 Å². The van der Waals surface area contributed by atoms with Crippen LogP contribution in [-0.2, 0) is 4.79 Å². The molecule has 1 unspecified atom stereocenters. The predicted octanol–water partition coefficient (Wildman–Crippen LogP) is 1.15. The molecule has 0 spiro atoms. The molecule has 1 aliphatic heterocycles. The van der Waals surface area contributed by atoms with Crippen LogP contribution in [0.3, 0.4) is 0 Å². The van der Waals surface area contributed by atoms with Gasteiger partial charge in [-0.15, -0.1) is 0 Å². The normalized spacial score (nSPS) is 18.3. The monoisotopic (exact) mass is 196 g/mol. The van der Waals surface area contributed by atoms with Crippen LogP contribution in [0.2, 0.25) is 0 Å². The molecule has 0 bridgehead atoms. The van der Waals surface area contributed by atoms with Gasteiger partial charge >= 0.3 is 0 Å². The van der Waals surface area contributed by atoms with E-state index in [2.05, 4.69) is 19.1 Å². The molecule has 1 atom stereocenters. The van der Waals surface area contributed by atoms with E-state index in [9.17, 15) is 4.79 Å². The lowest BCUT2D eigenvalue weighted by molar-refractivity contribution is -0.135. The first kappa shape index (κ1) is 11.2. The number of carbonyl (C=O) groups excluding carboxylic acids is 1. The molecule has 0 fully saturated rings. The lowest BCUT2D eigenvalue weighted by Gasteiger charge is -2.27. The number of hydrogen-bond acceptors (Lipinski definition) is 2. The third-order valence-corrected chi connectivity index (χ3v) is 2.64. The Balaban J connectivity index is 2.48. The Morgan fingerprint density at radius 3 is 2.86 bits per heavy atom. The molecule has 0 aliphatic carbocycles. The van der Waals surface area contributed by atoms with Crippen molar-refractivity contribution in [2.24, 2.45) is 11.7 Å². The molecule has 80 valence electrons. The Bertz CT molecular complexity index is 213. The van der Waals surface area contributed by atoms with Gasteiger partial charge in [-0.25, -0.2) is 0 Å². The van der Waals surface area contributed by atoms with Crippen LogP contribution < -0.4 is 5.73 Å². The van der Waals surface area contributed by atoms with E-state index in [0.717, 1.165) is 32.4 Å². The van der Waals surface area contributed by atoms with Crippen molar-refractivity contribution >= 4 is 5.91 Å². The number of carbonyl (C=O) groups is 1. The summed E-state index contributed by atoms with van der Waals surface area (Å²) in [5.74, 6) is 0.269. The van der Waals surface area contributed by atoms with E-state index in [-0.39, 0.29) is 11.8 Å². The number of nitrogens with zero attached hydrogens (tertiary/aromatic N) is 1. The van der Waals surface area contributed by atoms with Gasteiger partial charge in [-0.1, -0.05) is 25.5 Å². The SMILES string of the molecule is CCCC(CN)C(=O)N1CC=CCC1. The van der Waals surface area contributed by atoms with Gasteiger partial charge in [-0.05, 0) is 12.8 Å². The minimum Gasteiger partial charge on any atom is -0.338 e. The van der Waals surface area contributed by atoms with Crippen molar-refractivity contribution < 1.29 is 4.79 Å². The molecule has 1 aliphatic rings. The summed E-state index contributed by atoms with van der Waals surface area (Å²) in [6.07, 6.45) is 7.10. The van der Waals surface area contributed by atoms with Crippen LogP contribution >= 0.6 is 0 Å². The van der Waals surface area contributed by atoms with Gasteiger partial charge in [-0.3, -0.25) is 4.79 Å². The minimum atomic E-state index is 0.0338. The van der Waals surface area contributed by atoms with Crippen LogP contribution in [0.5, 0.6) is 0 Å². The zero-order valence-corrected chi connectivity index (χ0v) is 8.91. The van der Waals surface area contributed by atoms with Crippen LogP contribution in [0.4, 0.5) is 0 Å². The molecule has 0 saturated heterocycles. The number of amides is 1. The molecule has 0 aromatic rings. The predicted molar refractivity (Wildman–Crippen MR) is 57.8 cm³/mol. The van der Waals surface area contributed by atoms with E-state index in [1.165, 1.54) is 0 Å². The van der Waals surface area contributed by atoms with Crippen molar-refractivity contribution in [3.8, 4) is 0 Å². The lowest BCUT2D eigenvalue weighted by atomic mass is 10.0. The van der Waals surface area contributed by atoms with E-state index in [1.54, 1.807) is 0 Å². The average molecular weight is 196 g/mol. The van der Waals surface area contributed by atoms with E-state index >= 15 is 0 Å². The molecule has 0 aromatic heterocycles. The highest BCUT2D eigenvalue weighted by atomic mass is 16.2. The van der Waals surface area contributed by atoms with Crippen LogP contribution in [0.1, 0.15) is 26.2 Å². The fourth-order valence-corrected chi connectivity index (χ4v) is 1.79. The summed E-state index contributed by atoms with van der Waals surface area (Å²) in [5.41, 5.74) is 5.60. The first-order valence-corrected chi connectivity index (χ1v) is 5.43. The second-order valence-corrected chi connectivity index (χ2v) is 3.77. The van der Waals surface area contributed by atoms with Gasteiger partial charge in [0.1, 0.15) is 0 Å². The van der Waals surface area contributed by atoms with Gasteiger partial charge in [0, 0.05) is 19.6 Å². The first-order chi connectivity index (χ1) is 6.79. The molecule has 14 heavy (non-hydrogen) atoms. The van der Waals surface area contributed by atoms with E-state index in [0.29, 0.717) is 6.54 Å². The average Bonchev–Trinajstić information content (AvgIpc) is 2.26. The molecule has 1 amide bonds. The van der Waals surface area contributed by atoms with Crippen LogP contribution in [0.25, 0.3) is 0 Å². The largest absolute Gasteiger partial charge is 0.338 e. The summed E-state index contributed by atoms with van der Waals surface area (Å²) in [5, 5.41) is 0. The number of nitrogens with two attached hydrogens (primary N) is 1. The van der Waals surface area contributed by atoms with Gasteiger partial charge < -0.3 is 10.6 Å². The molecule has 0 aromatic carbocycles. The van der Waals surface area contributed by atoms with Crippen LogP contribution in [-0.4, -0.2) is 30.4 Å². The minimum absolute atomic E-state index is 0.0338. The zero-order chi connectivity index (χ0) is 10.4. The summed E-state index contributed by atoms with van der Waals surface area (Å²) < 4.78 is 0. The quantitative estimate of drug-likeness (QED) is 0.686. The van der Waals surface area contributed by atoms with E-state index in [1.807, 2.05) is 4.90 Å². The fourth-order valence-electron chi connectivity index (χ4n) is 1.79. The Labute approximate surface area is 86.0 Å². The highest BCUT2D eigenvalue weighted by molar-refractivity contribution is 5.79. The Morgan fingerprint density at radius 2 is 2.36 bits per heavy atom. The number of hydrogen-bond donors (Lipinski definition) is 1. The zero-order valence-electron chi connectivity index (χ0n) is 8.91. The molecule has 0 radical (unpaired) electrons. The molecular formula is C11H20N2O. The molecule has 0 saturated carbocycles. The Hall–Kier alpha value is -0.830. The van der Waals surface area contributed by atoms with Crippen molar-refractivity contribution in [2.45, 2.75) is 26.2 Å². The van der Waals surface area contributed by atoms with E-state index < -0.39 is 0 Å². The highest BCUT2D eigenvalue weighted by Gasteiger charge is 2.21. The summed E-state index contributed by atoms with van der Waals surface area (Å²) in [6.45, 7) is 4.19. The summed E-state index contributed by atoms with van der Waals surface area (Å²) >= 11 is 0. The Kier molecular flexibility index (Phi) is 4.66. The molecule has 3 heteroatoms. The number of rotatable bonds is 4. The van der Waals surface area contributed by atoms with E-state index in [4.69, 9.17) is 5.73 Å². The fraction of sp³-hybridized carbons (Fsp3) is 0.727. The first-order valence-electron chi connectivity index (χ1n) is 5.43. The van der Waals surface area contributed by atoms with Crippen LogP contribution in [0, 0.1) is 5.92 Å². The topological polar surface area (TPSA) is 46.3 Å². The van der Waals surface area contributed by atoms with Crippen molar-refractivity contribution in [2.75, 3.05) is 19.6 Å². The Morgan fingerprint density at radius 1 is 1.57 bits per heavy atom. The second-order valence-electron chi connectivity index (χ2n) is 3.77. The standard InChI is InChI=1S/C11H20N2O/c1-2-6-10(9-12)11(14)13-7-4-3-5-8-13/h3-4,10H,2,5-9,12H2,1H3. The van der Waals surface area contributed by atoms with Crippen molar-refractivity contribution in [1.29, 1.82) is 0 Å². The summed E-state index contributed by atoms with van der Waals surface area (Å²) in [6, 6.07) is 0. The summed E-state index contributed by atoms with van der Waals surface area (Å²) in [4.78, 5) is 13.8.